The Hall–Kier alpha value is 1.75. The summed E-state index contributed by atoms with van der Waals surface area (Å²) in [5.74, 6) is 10.7. The molecule has 2 aliphatic heterocycles. The Labute approximate surface area is 138 Å². The van der Waals surface area contributed by atoms with Crippen LogP contribution in [-0.2, 0) is 0 Å². The Morgan fingerprint density at radius 2 is 1.47 bits per heavy atom. The maximum Gasteiger partial charge on any atom is 0.0340 e. The number of thioether (sulfide) groups is 3. The van der Waals surface area contributed by atoms with Crippen LogP contribution in [0.5, 0.6) is 0 Å². The van der Waals surface area contributed by atoms with Gasteiger partial charge in [-0.1, -0.05) is 28.0 Å². The molecule has 110 valence electrons. The van der Waals surface area contributed by atoms with Gasteiger partial charge in [-0.2, -0.15) is 35.3 Å². The lowest BCUT2D eigenvalue weighted by Crippen LogP contribution is -2.21. The highest BCUT2D eigenvalue weighted by Gasteiger charge is 2.26. The Balaban J connectivity index is 1.25. The second kappa shape index (κ2) is 8.40. The first-order chi connectivity index (χ1) is 9.40. The van der Waals surface area contributed by atoms with E-state index >= 15 is 0 Å². The fraction of sp³-hybridized carbons (Fsp3) is 1.00. The molecule has 2 heterocycles. The summed E-state index contributed by atoms with van der Waals surface area (Å²) < 4.78 is 0. The average Bonchev–Trinajstić information content (AvgIpc) is 3.17. The molecule has 0 nitrogen and oxygen atoms in total. The molecule has 0 bridgehead atoms. The summed E-state index contributed by atoms with van der Waals surface area (Å²) in [7, 11) is 4.15. The summed E-state index contributed by atoms with van der Waals surface area (Å²) in [6.07, 6.45) is 6.06. The van der Waals surface area contributed by atoms with E-state index in [0.717, 1.165) is 22.3 Å². The molecule has 19 heavy (non-hydrogen) atoms. The lowest BCUT2D eigenvalue weighted by atomic mass is 9.83. The largest absolute Gasteiger partial charge is 0.161 e. The number of hydrogen-bond acceptors (Lipinski definition) is 5. The first-order valence-electron chi connectivity index (χ1n) is 7.45. The molecule has 0 spiro atoms. The van der Waals surface area contributed by atoms with Crippen molar-refractivity contribution in [3.8, 4) is 0 Å². The zero-order chi connectivity index (χ0) is 12.9. The van der Waals surface area contributed by atoms with Crippen molar-refractivity contribution in [3.05, 3.63) is 0 Å². The van der Waals surface area contributed by atoms with E-state index in [0.29, 0.717) is 0 Å². The minimum Gasteiger partial charge on any atom is -0.161 e. The van der Waals surface area contributed by atoms with Gasteiger partial charge in [0.15, 0.2) is 0 Å². The van der Waals surface area contributed by atoms with Gasteiger partial charge in [0.25, 0.3) is 0 Å². The molecular formula is C14H24S5. The van der Waals surface area contributed by atoms with Crippen LogP contribution in [-0.4, -0.2) is 45.0 Å². The molecule has 0 radical (unpaired) electrons. The van der Waals surface area contributed by atoms with Crippen LogP contribution in [0, 0.1) is 11.8 Å². The van der Waals surface area contributed by atoms with Crippen molar-refractivity contribution in [2.75, 3.05) is 34.5 Å². The topological polar surface area (TPSA) is 0 Å². The third kappa shape index (κ3) is 5.80. The highest BCUT2D eigenvalue weighted by molar-refractivity contribution is 8.79. The van der Waals surface area contributed by atoms with E-state index in [1.807, 2.05) is 10.8 Å². The van der Waals surface area contributed by atoms with Gasteiger partial charge in [-0.05, 0) is 42.6 Å². The molecule has 1 saturated carbocycles. The molecule has 1 aliphatic carbocycles. The second-order valence-corrected chi connectivity index (χ2v) is 12.1. The minimum atomic E-state index is 0.973. The molecule has 5 heteroatoms. The lowest BCUT2D eigenvalue weighted by molar-refractivity contribution is 0.309. The van der Waals surface area contributed by atoms with E-state index in [9.17, 15) is 0 Å². The summed E-state index contributed by atoms with van der Waals surface area (Å²) in [6, 6.07) is 0. The van der Waals surface area contributed by atoms with E-state index in [1.54, 1.807) is 0 Å². The molecule has 4 unspecified atom stereocenters. The summed E-state index contributed by atoms with van der Waals surface area (Å²) in [5, 5.41) is 2.00. The quantitative estimate of drug-likeness (QED) is 0.437. The molecule has 0 aromatic rings. The Morgan fingerprint density at radius 3 is 2.00 bits per heavy atom. The SMILES string of the molecule is C1CC(CSCC2CS2)CC(CSCC2CSS2)C1. The third-order valence-electron chi connectivity index (χ3n) is 4.07. The normalized spacial score (nSPS) is 37.9. The molecular weight excluding hydrogens is 328 g/mol. The first-order valence-corrected chi connectivity index (χ1v) is 13.2. The number of hydrogen-bond donors (Lipinski definition) is 0. The van der Waals surface area contributed by atoms with E-state index < -0.39 is 0 Å². The Morgan fingerprint density at radius 1 is 0.842 bits per heavy atom. The van der Waals surface area contributed by atoms with Crippen LogP contribution in [0.25, 0.3) is 0 Å². The predicted molar refractivity (Wildman–Crippen MR) is 100 cm³/mol. The van der Waals surface area contributed by atoms with Crippen LogP contribution >= 0.6 is 56.9 Å². The smallest absolute Gasteiger partial charge is 0.0340 e. The van der Waals surface area contributed by atoms with Gasteiger partial charge in [0, 0.05) is 33.5 Å². The summed E-state index contributed by atoms with van der Waals surface area (Å²) in [4.78, 5) is 0. The van der Waals surface area contributed by atoms with Crippen molar-refractivity contribution in [1.29, 1.82) is 0 Å². The second-order valence-electron chi connectivity index (χ2n) is 5.93. The van der Waals surface area contributed by atoms with Crippen molar-refractivity contribution in [2.24, 2.45) is 11.8 Å². The van der Waals surface area contributed by atoms with Gasteiger partial charge in [0.05, 0.1) is 0 Å². The molecule has 3 aliphatic rings. The van der Waals surface area contributed by atoms with Gasteiger partial charge >= 0.3 is 0 Å². The third-order valence-corrected chi connectivity index (χ3v) is 11.3. The zero-order valence-corrected chi connectivity index (χ0v) is 15.5. The number of rotatable bonds is 8. The van der Waals surface area contributed by atoms with Crippen LogP contribution in [0.1, 0.15) is 25.7 Å². The zero-order valence-electron chi connectivity index (χ0n) is 11.4. The van der Waals surface area contributed by atoms with E-state index in [1.165, 1.54) is 60.2 Å². The van der Waals surface area contributed by atoms with Crippen molar-refractivity contribution < 1.29 is 0 Å². The Kier molecular flexibility index (Phi) is 6.91. The van der Waals surface area contributed by atoms with Gasteiger partial charge < -0.3 is 0 Å². The van der Waals surface area contributed by atoms with Gasteiger partial charge in [0.2, 0.25) is 0 Å². The molecule has 3 fully saturated rings. The lowest BCUT2D eigenvalue weighted by Gasteiger charge is -2.30. The molecule has 0 aromatic carbocycles. The maximum atomic E-state index is 2.24. The van der Waals surface area contributed by atoms with Crippen LogP contribution < -0.4 is 0 Å². The molecule has 0 N–H and O–H groups in total. The van der Waals surface area contributed by atoms with Crippen LogP contribution in [0.2, 0.25) is 0 Å². The van der Waals surface area contributed by atoms with Crippen molar-refractivity contribution in [2.45, 2.75) is 36.2 Å². The fourth-order valence-electron chi connectivity index (χ4n) is 2.84. The Bertz CT molecular complexity index is 265. The molecule has 3 rings (SSSR count). The molecule has 0 aromatic heterocycles. The summed E-state index contributed by atoms with van der Waals surface area (Å²) >= 11 is 6.63. The highest BCUT2D eigenvalue weighted by Crippen LogP contribution is 2.42. The molecule has 0 amide bonds. The monoisotopic (exact) mass is 352 g/mol. The standard InChI is InChI=1S/C14H24S5/c1-2-11(5-15-7-13-9-17-13)4-12(3-1)6-16-8-14-10-18-19-14/h11-14H,1-10H2. The maximum absolute atomic E-state index is 2.24. The van der Waals surface area contributed by atoms with Crippen molar-refractivity contribution >= 4 is 56.9 Å². The first kappa shape index (κ1) is 15.6. The summed E-state index contributed by atoms with van der Waals surface area (Å²) in [6.45, 7) is 0. The van der Waals surface area contributed by atoms with E-state index in [-0.39, 0.29) is 0 Å². The molecule has 4 atom stereocenters. The van der Waals surface area contributed by atoms with Crippen LogP contribution in [0.15, 0.2) is 0 Å². The van der Waals surface area contributed by atoms with Gasteiger partial charge in [0.1, 0.15) is 0 Å². The fourth-order valence-corrected chi connectivity index (χ4v) is 8.82. The van der Waals surface area contributed by atoms with E-state index in [4.69, 9.17) is 0 Å². The summed E-state index contributed by atoms with van der Waals surface area (Å²) in [5.41, 5.74) is 0. The molecule has 2 saturated heterocycles. The van der Waals surface area contributed by atoms with Gasteiger partial charge in [-0.25, -0.2) is 0 Å². The van der Waals surface area contributed by atoms with Crippen molar-refractivity contribution in [1.82, 2.24) is 0 Å². The van der Waals surface area contributed by atoms with Crippen molar-refractivity contribution in [3.63, 3.8) is 0 Å². The minimum absolute atomic E-state index is 0.973. The van der Waals surface area contributed by atoms with E-state index in [2.05, 4.69) is 46.1 Å². The average molecular weight is 353 g/mol. The van der Waals surface area contributed by atoms with Gasteiger partial charge in [-0.3, -0.25) is 0 Å². The highest BCUT2D eigenvalue weighted by atomic mass is 33.1. The van der Waals surface area contributed by atoms with Gasteiger partial charge in [-0.15, -0.1) is 0 Å². The van der Waals surface area contributed by atoms with Crippen LogP contribution in [0.3, 0.4) is 0 Å². The predicted octanol–water partition coefficient (Wildman–Crippen LogP) is 5.14. The van der Waals surface area contributed by atoms with Crippen LogP contribution in [0.4, 0.5) is 0 Å².